The molecule has 24 heavy (non-hydrogen) atoms. The number of hydrogen-bond acceptors (Lipinski definition) is 7. The molecule has 0 saturated carbocycles. The molecular weight excluding hydrogens is 332 g/mol. The van der Waals surface area contributed by atoms with E-state index in [1.54, 1.807) is 12.1 Å². The summed E-state index contributed by atoms with van der Waals surface area (Å²) in [4.78, 5) is 11.9. The molecule has 10 heteroatoms. The molecule has 3 aromatic rings. The third-order valence-electron chi connectivity index (χ3n) is 2.99. The summed E-state index contributed by atoms with van der Waals surface area (Å²) in [5, 5.41) is 3.93. The Morgan fingerprint density at radius 3 is 2.62 bits per heavy atom. The van der Waals surface area contributed by atoms with Crippen LogP contribution in [0.4, 0.5) is 5.82 Å². The van der Waals surface area contributed by atoms with Gasteiger partial charge in [-0.3, -0.25) is 4.72 Å². The van der Waals surface area contributed by atoms with Crippen molar-refractivity contribution in [1.82, 2.24) is 24.7 Å². The minimum Gasteiger partial charge on any atom is -0.494 e. The van der Waals surface area contributed by atoms with Crippen molar-refractivity contribution in [3.8, 4) is 11.6 Å². The fourth-order valence-electron chi connectivity index (χ4n) is 1.93. The number of rotatable bonds is 6. The van der Waals surface area contributed by atoms with Gasteiger partial charge in [-0.25, -0.2) is 28.1 Å². The number of nitrogens with zero attached hydrogens (tertiary/aromatic N) is 5. The van der Waals surface area contributed by atoms with Crippen molar-refractivity contribution in [1.29, 1.82) is 0 Å². The summed E-state index contributed by atoms with van der Waals surface area (Å²) >= 11 is 0. The normalized spacial score (nSPS) is 11.2. The summed E-state index contributed by atoms with van der Waals surface area (Å²) in [7, 11) is -3.77. The van der Waals surface area contributed by atoms with Crippen LogP contribution in [-0.2, 0) is 10.0 Å². The van der Waals surface area contributed by atoms with Crippen LogP contribution in [0.15, 0.2) is 54.2 Å². The monoisotopic (exact) mass is 346 g/mol. The molecule has 3 rings (SSSR count). The number of nitrogens with one attached hydrogen (secondary N) is 1. The molecule has 0 radical (unpaired) electrons. The zero-order chi connectivity index (χ0) is 17.0. The number of sulfonamides is 1. The van der Waals surface area contributed by atoms with Crippen molar-refractivity contribution in [3.63, 3.8) is 0 Å². The molecule has 0 saturated heterocycles. The first-order chi connectivity index (χ1) is 11.6. The van der Waals surface area contributed by atoms with Crippen LogP contribution in [0.25, 0.3) is 5.82 Å². The van der Waals surface area contributed by atoms with Crippen LogP contribution < -0.4 is 9.46 Å². The Kier molecular flexibility index (Phi) is 4.38. The van der Waals surface area contributed by atoms with E-state index in [-0.39, 0.29) is 10.7 Å². The highest BCUT2D eigenvalue weighted by Gasteiger charge is 2.15. The summed E-state index contributed by atoms with van der Waals surface area (Å²) in [6, 6.07) is 7.58. The average molecular weight is 346 g/mol. The maximum Gasteiger partial charge on any atom is 0.263 e. The van der Waals surface area contributed by atoms with Gasteiger partial charge in [-0.05, 0) is 31.2 Å². The van der Waals surface area contributed by atoms with Gasteiger partial charge in [0.1, 0.15) is 30.5 Å². The van der Waals surface area contributed by atoms with Crippen LogP contribution in [0.1, 0.15) is 6.92 Å². The highest BCUT2D eigenvalue weighted by atomic mass is 32.2. The Hall–Kier alpha value is -3.01. The van der Waals surface area contributed by atoms with Crippen LogP contribution in [0, 0.1) is 0 Å². The first kappa shape index (κ1) is 15.9. The molecular formula is C14H14N6O3S. The largest absolute Gasteiger partial charge is 0.494 e. The minimum atomic E-state index is -3.77. The SMILES string of the molecule is CCOc1ccc(S(=O)(=O)Nc2cc(-n3cncn3)ncn2)cc1. The second-order valence-electron chi connectivity index (χ2n) is 4.61. The van der Waals surface area contributed by atoms with Gasteiger partial charge in [0.25, 0.3) is 10.0 Å². The summed E-state index contributed by atoms with van der Waals surface area (Å²) < 4.78 is 33.9. The summed E-state index contributed by atoms with van der Waals surface area (Å²) in [5.74, 6) is 1.13. The highest BCUT2D eigenvalue weighted by molar-refractivity contribution is 7.92. The molecule has 2 heterocycles. The van der Waals surface area contributed by atoms with E-state index < -0.39 is 10.0 Å². The zero-order valence-corrected chi connectivity index (χ0v) is 13.5. The molecule has 0 fully saturated rings. The first-order valence-corrected chi connectivity index (χ1v) is 8.49. The molecule has 2 aromatic heterocycles. The Morgan fingerprint density at radius 1 is 1.17 bits per heavy atom. The van der Waals surface area contributed by atoms with E-state index in [0.29, 0.717) is 18.2 Å². The summed E-state index contributed by atoms with van der Waals surface area (Å²) in [5.41, 5.74) is 0. The van der Waals surface area contributed by atoms with Gasteiger partial charge < -0.3 is 4.74 Å². The van der Waals surface area contributed by atoms with Crippen molar-refractivity contribution in [2.24, 2.45) is 0 Å². The van der Waals surface area contributed by atoms with E-state index >= 15 is 0 Å². The van der Waals surface area contributed by atoms with Crippen LogP contribution in [0.3, 0.4) is 0 Å². The smallest absolute Gasteiger partial charge is 0.263 e. The number of anilines is 1. The zero-order valence-electron chi connectivity index (χ0n) is 12.7. The molecule has 9 nitrogen and oxygen atoms in total. The maximum absolute atomic E-state index is 12.4. The molecule has 0 aliphatic rings. The first-order valence-electron chi connectivity index (χ1n) is 7.01. The molecule has 0 amide bonds. The quantitative estimate of drug-likeness (QED) is 0.715. The molecule has 0 unspecified atom stereocenters. The van der Waals surface area contributed by atoms with Gasteiger partial charge in [-0.2, -0.15) is 5.10 Å². The van der Waals surface area contributed by atoms with Gasteiger partial charge in [0, 0.05) is 6.07 Å². The Morgan fingerprint density at radius 2 is 1.96 bits per heavy atom. The maximum atomic E-state index is 12.4. The van der Waals surface area contributed by atoms with Gasteiger partial charge in [-0.1, -0.05) is 0 Å². The predicted octanol–water partition coefficient (Wildman–Crippen LogP) is 1.26. The summed E-state index contributed by atoms with van der Waals surface area (Å²) in [6.45, 7) is 2.37. The lowest BCUT2D eigenvalue weighted by Crippen LogP contribution is -2.14. The summed E-state index contributed by atoms with van der Waals surface area (Å²) in [6.07, 6.45) is 4.05. The molecule has 0 aliphatic carbocycles. The predicted molar refractivity (Wildman–Crippen MR) is 85.4 cm³/mol. The van der Waals surface area contributed by atoms with E-state index in [2.05, 4.69) is 24.8 Å². The van der Waals surface area contributed by atoms with Crippen LogP contribution in [0.5, 0.6) is 5.75 Å². The highest BCUT2D eigenvalue weighted by Crippen LogP contribution is 2.19. The van der Waals surface area contributed by atoms with Gasteiger partial charge in [0.15, 0.2) is 5.82 Å². The molecule has 0 bridgehead atoms. The van der Waals surface area contributed by atoms with Gasteiger partial charge in [0.05, 0.1) is 11.5 Å². The molecule has 1 aromatic carbocycles. The fourth-order valence-corrected chi connectivity index (χ4v) is 2.93. The number of hydrogen-bond donors (Lipinski definition) is 1. The minimum absolute atomic E-state index is 0.104. The number of benzene rings is 1. The van der Waals surface area contributed by atoms with Gasteiger partial charge >= 0.3 is 0 Å². The van der Waals surface area contributed by atoms with Crippen molar-refractivity contribution in [2.75, 3.05) is 11.3 Å². The number of ether oxygens (including phenoxy) is 1. The van der Waals surface area contributed by atoms with Crippen molar-refractivity contribution < 1.29 is 13.2 Å². The lowest BCUT2D eigenvalue weighted by Gasteiger charge is -2.09. The van der Waals surface area contributed by atoms with Crippen molar-refractivity contribution >= 4 is 15.8 Å². The lowest BCUT2D eigenvalue weighted by atomic mass is 10.3. The van der Waals surface area contributed by atoms with Crippen molar-refractivity contribution in [2.45, 2.75) is 11.8 Å². The van der Waals surface area contributed by atoms with Crippen LogP contribution >= 0.6 is 0 Å². The van der Waals surface area contributed by atoms with E-state index in [0.717, 1.165) is 0 Å². The van der Waals surface area contributed by atoms with E-state index in [4.69, 9.17) is 4.74 Å². The van der Waals surface area contributed by atoms with Gasteiger partial charge in [-0.15, -0.1) is 0 Å². The molecule has 1 N–H and O–H groups in total. The fraction of sp³-hybridized carbons (Fsp3) is 0.143. The topological polar surface area (TPSA) is 112 Å². The molecule has 0 spiro atoms. The third kappa shape index (κ3) is 3.49. The lowest BCUT2D eigenvalue weighted by molar-refractivity contribution is 0.340. The Bertz CT molecular complexity index is 910. The third-order valence-corrected chi connectivity index (χ3v) is 4.36. The van der Waals surface area contributed by atoms with E-state index in [1.165, 1.54) is 41.9 Å². The second kappa shape index (κ2) is 6.62. The number of aromatic nitrogens is 5. The molecule has 0 aliphatic heterocycles. The van der Waals surface area contributed by atoms with Crippen molar-refractivity contribution in [3.05, 3.63) is 49.3 Å². The Labute approximate surface area is 138 Å². The standard InChI is InChI=1S/C14H14N6O3S/c1-2-23-11-3-5-12(6-4-11)24(21,22)19-13-7-14(17-9-16-13)20-10-15-8-18-20/h3-10H,2H2,1H3,(H,16,17,19). The van der Waals surface area contributed by atoms with Crippen LogP contribution in [-0.4, -0.2) is 39.8 Å². The average Bonchev–Trinajstić information content (AvgIpc) is 3.10. The Balaban J connectivity index is 1.83. The van der Waals surface area contributed by atoms with Crippen LogP contribution in [0.2, 0.25) is 0 Å². The van der Waals surface area contributed by atoms with E-state index in [1.807, 2.05) is 6.92 Å². The van der Waals surface area contributed by atoms with Gasteiger partial charge in [0.2, 0.25) is 0 Å². The molecule has 124 valence electrons. The second-order valence-corrected chi connectivity index (χ2v) is 6.29. The van der Waals surface area contributed by atoms with E-state index in [9.17, 15) is 8.42 Å². The molecule has 0 atom stereocenters.